The first-order valence-corrected chi connectivity index (χ1v) is 12.9. The van der Waals surface area contributed by atoms with E-state index in [4.69, 9.17) is 9.47 Å². The van der Waals surface area contributed by atoms with Gasteiger partial charge in [0.1, 0.15) is 29.6 Å². The molecule has 38 heavy (non-hydrogen) atoms. The van der Waals surface area contributed by atoms with Crippen molar-refractivity contribution in [3.05, 3.63) is 40.7 Å². The van der Waals surface area contributed by atoms with Crippen LogP contribution < -0.4 is 10.2 Å². The monoisotopic (exact) mass is 539 g/mol. The van der Waals surface area contributed by atoms with E-state index in [-0.39, 0.29) is 23.0 Å². The van der Waals surface area contributed by atoms with Crippen molar-refractivity contribution in [2.45, 2.75) is 25.9 Å². The largest absolute Gasteiger partial charge is 0.465 e. The fraction of sp³-hybridized carbons (Fsp3) is 0.400. The number of anilines is 2. The number of carbonyl (C=O) groups is 3. The molecule has 2 aromatic rings. The summed E-state index contributed by atoms with van der Waals surface area (Å²) in [4.78, 5) is 46.8. The molecule has 3 rings (SSSR count). The molecule has 200 valence electrons. The zero-order valence-electron chi connectivity index (χ0n) is 21.5. The Balaban J connectivity index is 1.97. The Morgan fingerprint density at radius 1 is 1.50 bits per heavy atom. The molecule has 0 aliphatic carbocycles. The van der Waals surface area contributed by atoms with Crippen molar-refractivity contribution in [1.82, 2.24) is 14.8 Å². The highest BCUT2D eigenvalue weighted by Gasteiger charge is 2.29. The number of nitriles is 1. The van der Waals surface area contributed by atoms with Crippen LogP contribution in [0.1, 0.15) is 44.8 Å². The first-order chi connectivity index (χ1) is 18.4. The van der Waals surface area contributed by atoms with Gasteiger partial charge in [0.05, 0.1) is 42.1 Å². The van der Waals surface area contributed by atoms with Gasteiger partial charge in [-0.05, 0) is 32.5 Å². The normalized spacial score (nSPS) is 15.0. The van der Waals surface area contributed by atoms with Crippen LogP contribution >= 0.6 is 11.8 Å². The second-order valence-corrected chi connectivity index (χ2v) is 9.23. The van der Waals surface area contributed by atoms with Crippen LogP contribution in [-0.4, -0.2) is 84.7 Å². The zero-order valence-corrected chi connectivity index (χ0v) is 22.3. The number of aliphatic imine (C=N–C) groups is 1. The molecular formula is C25H29N7O5S. The van der Waals surface area contributed by atoms with E-state index in [0.29, 0.717) is 53.8 Å². The average molecular weight is 540 g/mol. The van der Waals surface area contributed by atoms with Crippen LogP contribution in [0.3, 0.4) is 0 Å². The molecule has 1 atom stereocenters. The lowest BCUT2D eigenvalue weighted by molar-refractivity contribution is -0.104. The quantitative estimate of drug-likeness (QED) is 0.139. The number of amides is 1. The fourth-order valence-electron chi connectivity index (χ4n) is 4.09. The third-order valence-corrected chi connectivity index (χ3v) is 6.79. The predicted octanol–water partition coefficient (Wildman–Crippen LogP) is 2.54. The first kappa shape index (κ1) is 28.5. The molecule has 0 saturated carbocycles. The number of pyridine rings is 1. The molecule has 0 bridgehead atoms. The Bertz CT molecular complexity index is 1280. The number of methoxy groups -OCH3 is 1. The van der Waals surface area contributed by atoms with Crippen molar-refractivity contribution in [2.24, 2.45) is 4.99 Å². The summed E-state index contributed by atoms with van der Waals surface area (Å²) >= 11 is 1.43. The Morgan fingerprint density at radius 3 is 2.89 bits per heavy atom. The lowest BCUT2D eigenvalue weighted by atomic mass is 10.1. The summed E-state index contributed by atoms with van der Waals surface area (Å²) in [5.41, 5.74) is 1.46. The lowest BCUT2D eigenvalue weighted by Crippen LogP contribution is -2.34. The summed E-state index contributed by atoms with van der Waals surface area (Å²) in [6.07, 6.45) is 5.12. The van der Waals surface area contributed by atoms with Crippen LogP contribution in [-0.2, 0) is 14.3 Å². The topological polar surface area (TPSA) is 152 Å². The number of hydrogen-bond acceptors (Lipinski definition) is 11. The van der Waals surface area contributed by atoms with Gasteiger partial charge in [-0.3, -0.25) is 9.59 Å². The summed E-state index contributed by atoms with van der Waals surface area (Å²) in [7, 11) is 2.90. The number of ether oxygens (including phenoxy) is 2. The lowest BCUT2D eigenvalue weighted by Gasteiger charge is -2.28. The Hall–Kier alpha value is -4.02. The summed E-state index contributed by atoms with van der Waals surface area (Å²) in [6, 6.07) is 3.55. The number of thioether (sulfide) groups is 1. The maximum atomic E-state index is 12.8. The molecule has 1 amide bonds. The molecule has 1 aliphatic heterocycles. The van der Waals surface area contributed by atoms with E-state index in [9.17, 15) is 19.6 Å². The Labute approximate surface area is 224 Å². The number of nitrogens with one attached hydrogen (secondary N) is 1. The van der Waals surface area contributed by atoms with Gasteiger partial charge >= 0.3 is 5.97 Å². The number of aldehydes is 1. The van der Waals surface area contributed by atoms with Gasteiger partial charge in [-0.1, -0.05) is 0 Å². The summed E-state index contributed by atoms with van der Waals surface area (Å²) in [5, 5.41) is 16.5. The maximum Gasteiger partial charge on any atom is 0.338 e. The number of nitrogens with zero attached hydrogens (tertiary/aromatic N) is 6. The van der Waals surface area contributed by atoms with Crippen LogP contribution in [0, 0.1) is 18.3 Å². The number of hydrogen-bond donors (Lipinski definition) is 1. The Morgan fingerprint density at radius 2 is 2.29 bits per heavy atom. The highest BCUT2D eigenvalue weighted by molar-refractivity contribution is 7.99. The Kier molecular flexibility index (Phi) is 10.1. The molecule has 0 spiro atoms. The van der Waals surface area contributed by atoms with Crippen LogP contribution in [0.2, 0.25) is 0 Å². The number of esters is 1. The molecule has 1 aliphatic rings. The van der Waals surface area contributed by atoms with Crippen molar-refractivity contribution in [3.8, 4) is 6.07 Å². The van der Waals surface area contributed by atoms with Gasteiger partial charge in [0.15, 0.2) is 0 Å². The summed E-state index contributed by atoms with van der Waals surface area (Å²) in [5.74, 6) is 0.0121. The SMILES string of the molecule is C=NC(=O)c1c(C(=O)OC)cc(C)nc1N(CSC/C(=C/C=O)n1ncc(C#N)c1NC)CC1CCCO1. The fourth-order valence-corrected chi connectivity index (χ4v) is 5.06. The molecular weight excluding hydrogens is 510 g/mol. The van der Waals surface area contributed by atoms with Crippen LogP contribution in [0.15, 0.2) is 23.3 Å². The zero-order chi connectivity index (χ0) is 27.7. The van der Waals surface area contributed by atoms with Gasteiger partial charge in [-0.25, -0.2) is 19.5 Å². The van der Waals surface area contributed by atoms with Crippen LogP contribution in [0.4, 0.5) is 11.6 Å². The standard InChI is InChI=1S/C25H29N7O5S/c1-16-10-20(25(35)36-4)21(24(34)28-3)23(30-16)31(13-19-6-5-9-37-19)15-38-14-18(7-8-33)32-22(27-2)17(11-26)12-29-32/h7-8,10,12,19,27H,3,5-6,9,13-15H2,1-2,4H3/b18-7-. The molecule has 13 heteroatoms. The molecule has 1 N–H and O–H groups in total. The van der Waals surface area contributed by atoms with Gasteiger partial charge in [0, 0.05) is 37.7 Å². The van der Waals surface area contributed by atoms with E-state index >= 15 is 0 Å². The van der Waals surface area contributed by atoms with Crippen molar-refractivity contribution in [1.29, 1.82) is 5.26 Å². The van der Waals surface area contributed by atoms with E-state index in [0.717, 1.165) is 12.8 Å². The van der Waals surface area contributed by atoms with Gasteiger partial charge in [0.2, 0.25) is 0 Å². The average Bonchev–Trinajstić information content (AvgIpc) is 3.60. The van der Waals surface area contributed by atoms with Gasteiger partial charge < -0.3 is 19.7 Å². The van der Waals surface area contributed by atoms with Gasteiger partial charge in [-0.2, -0.15) is 10.4 Å². The third-order valence-electron chi connectivity index (χ3n) is 5.79. The summed E-state index contributed by atoms with van der Waals surface area (Å²) in [6.45, 7) is 6.12. The molecule has 12 nitrogen and oxygen atoms in total. The number of rotatable bonds is 12. The van der Waals surface area contributed by atoms with Crippen molar-refractivity contribution in [2.75, 3.05) is 49.2 Å². The van der Waals surface area contributed by atoms with Gasteiger partial charge in [-0.15, -0.1) is 11.8 Å². The van der Waals surface area contributed by atoms with E-state index in [1.54, 1.807) is 14.0 Å². The molecule has 0 radical (unpaired) electrons. The van der Waals surface area contributed by atoms with Crippen molar-refractivity contribution in [3.63, 3.8) is 0 Å². The second-order valence-electron chi connectivity index (χ2n) is 8.27. The molecule has 2 aromatic heterocycles. The van der Waals surface area contributed by atoms with Gasteiger partial charge in [0.25, 0.3) is 5.91 Å². The minimum atomic E-state index is -0.698. The van der Waals surface area contributed by atoms with E-state index in [2.05, 4.69) is 33.2 Å². The minimum absolute atomic E-state index is 0.00270. The second kappa shape index (κ2) is 13.5. The molecule has 1 fully saturated rings. The maximum absolute atomic E-state index is 12.8. The van der Waals surface area contributed by atoms with Crippen LogP contribution in [0.25, 0.3) is 5.70 Å². The smallest absolute Gasteiger partial charge is 0.338 e. The molecule has 1 unspecified atom stereocenters. The minimum Gasteiger partial charge on any atom is -0.465 e. The van der Waals surface area contributed by atoms with Crippen LogP contribution in [0.5, 0.6) is 0 Å². The highest BCUT2D eigenvalue weighted by Crippen LogP contribution is 2.29. The number of allylic oxidation sites excluding steroid dienone is 1. The predicted molar refractivity (Wildman–Crippen MR) is 145 cm³/mol. The molecule has 1 saturated heterocycles. The number of aromatic nitrogens is 3. The number of aryl methyl sites for hydroxylation is 1. The van der Waals surface area contributed by atoms with E-state index in [1.165, 1.54) is 41.9 Å². The first-order valence-electron chi connectivity index (χ1n) is 11.7. The van der Waals surface area contributed by atoms with E-state index in [1.807, 2.05) is 4.90 Å². The third kappa shape index (κ3) is 6.45. The molecule has 3 heterocycles. The van der Waals surface area contributed by atoms with E-state index < -0.39 is 11.9 Å². The van der Waals surface area contributed by atoms with Crippen molar-refractivity contribution >= 4 is 54.0 Å². The highest BCUT2D eigenvalue weighted by atomic mass is 32.2. The van der Waals surface area contributed by atoms with Crippen molar-refractivity contribution < 1.29 is 23.9 Å². The molecule has 0 aromatic carbocycles. The number of carbonyl (C=O) groups excluding carboxylic acids is 3. The summed E-state index contributed by atoms with van der Waals surface area (Å²) < 4.78 is 12.2.